The van der Waals surface area contributed by atoms with Crippen LogP contribution in [0.2, 0.25) is 0 Å². The fourth-order valence-corrected chi connectivity index (χ4v) is 2.69. The zero-order valence-corrected chi connectivity index (χ0v) is 13.4. The number of aromatic nitrogens is 1. The zero-order chi connectivity index (χ0) is 14.7. The molecule has 104 valence electrons. The highest BCUT2D eigenvalue weighted by molar-refractivity contribution is 9.10. The Hall–Kier alpha value is -1.68. The van der Waals surface area contributed by atoms with Gasteiger partial charge in [-0.05, 0) is 60.1 Å². The minimum absolute atomic E-state index is 0.0615. The van der Waals surface area contributed by atoms with Gasteiger partial charge in [0, 0.05) is 28.5 Å². The van der Waals surface area contributed by atoms with Gasteiger partial charge in [0.2, 0.25) is 0 Å². The molecule has 0 aliphatic carbocycles. The molecule has 0 N–H and O–H groups in total. The first-order chi connectivity index (χ1) is 9.47. The van der Waals surface area contributed by atoms with Crippen molar-refractivity contribution in [2.45, 2.75) is 20.4 Å². The number of aryl methyl sites for hydroxylation is 1. The summed E-state index contributed by atoms with van der Waals surface area (Å²) in [7, 11) is 2.01. The van der Waals surface area contributed by atoms with Gasteiger partial charge in [0.15, 0.2) is 5.78 Å². The summed E-state index contributed by atoms with van der Waals surface area (Å²) in [5.41, 5.74) is 3.80. The number of hydrogen-bond donors (Lipinski definition) is 0. The number of anilines is 1. The van der Waals surface area contributed by atoms with Crippen LogP contribution in [0.5, 0.6) is 0 Å². The maximum absolute atomic E-state index is 11.4. The summed E-state index contributed by atoms with van der Waals surface area (Å²) in [6.07, 6.45) is 0. The van der Waals surface area contributed by atoms with Crippen molar-refractivity contribution in [2.75, 3.05) is 11.9 Å². The van der Waals surface area contributed by atoms with Crippen LogP contribution in [0.1, 0.15) is 28.7 Å². The lowest BCUT2D eigenvalue weighted by Gasteiger charge is -2.20. The number of carbonyl (C=O) groups excluding carboxylic acids is 1. The predicted octanol–water partition coefficient (Wildman–Crippen LogP) is 3.99. The van der Waals surface area contributed by atoms with E-state index in [0.29, 0.717) is 5.56 Å². The predicted molar refractivity (Wildman–Crippen MR) is 85.2 cm³/mol. The molecule has 2 rings (SSSR count). The zero-order valence-electron chi connectivity index (χ0n) is 11.9. The van der Waals surface area contributed by atoms with Crippen LogP contribution in [-0.2, 0) is 6.54 Å². The molecule has 3 nitrogen and oxygen atoms in total. The molecule has 0 spiro atoms. The largest absolute Gasteiger partial charge is 0.369 e. The van der Waals surface area contributed by atoms with E-state index in [4.69, 9.17) is 0 Å². The molecule has 1 heterocycles. The van der Waals surface area contributed by atoms with E-state index >= 15 is 0 Å². The molecule has 2 aromatic rings. The fraction of sp³-hybridized carbons (Fsp3) is 0.250. The first-order valence-corrected chi connectivity index (χ1v) is 7.21. The number of Topliss-reactive ketones (excluding diaryl/α,β-unsaturated/α-hetero) is 1. The number of halogens is 1. The third-order valence-corrected chi connectivity index (χ3v) is 3.77. The van der Waals surface area contributed by atoms with Crippen molar-refractivity contribution >= 4 is 27.4 Å². The van der Waals surface area contributed by atoms with Gasteiger partial charge in [-0.3, -0.25) is 9.78 Å². The second kappa shape index (κ2) is 6.18. The monoisotopic (exact) mass is 332 g/mol. The standard InChI is InChI=1S/C16H17BrN2O/c1-11-5-4-6-13(18-11)10-19(3)14-7-8-15(12(2)20)16(17)9-14/h4-9H,10H2,1-3H3. The Labute approximate surface area is 127 Å². The lowest BCUT2D eigenvalue weighted by Crippen LogP contribution is -2.17. The normalized spacial score (nSPS) is 10.4. The van der Waals surface area contributed by atoms with Crippen molar-refractivity contribution in [3.05, 3.63) is 57.8 Å². The van der Waals surface area contributed by atoms with Crippen LogP contribution < -0.4 is 4.90 Å². The molecule has 0 amide bonds. The molecular formula is C16H17BrN2O. The lowest BCUT2D eigenvalue weighted by molar-refractivity contribution is 0.101. The van der Waals surface area contributed by atoms with Crippen molar-refractivity contribution in [3.8, 4) is 0 Å². The summed E-state index contributed by atoms with van der Waals surface area (Å²) >= 11 is 3.45. The number of hydrogen-bond acceptors (Lipinski definition) is 3. The van der Waals surface area contributed by atoms with Crippen LogP contribution in [0.3, 0.4) is 0 Å². The Morgan fingerprint density at radius 3 is 2.65 bits per heavy atom. The van der Waals surface area contributed by atoms with Crippen LogP contribution in [-0.4, -0.2) is 17.8 Å². The molecule has 0 aliphatic rings. The third kappa shape index (κ3) is 3.45. The van der Waals surface area contributed by atoms with Gasteiger partial charge in [-0.15, -0.1) is 0 Å². The molecule has 20 heavy (non-hydrogen) atoms. The average molecular weight is 333 g/mol. The van der Waals surface area contributed by atoms with Gasteiger partial charge in [-0.1, -0.05) is 6.07 Å². The highest BCUT2D eigenvalue weighted by atomic mass is 79.9. The van der Waals surface area contributed by atoms with Crippen LogP contribution in [0.4, 0.5) is 5.69 Å². The van der Waals surface area contributed by atoms with E-state index in [1.54, 1.807) is 6.92 Å². The number of ketones is 1. The van der Waals surface area contributed by atoms with Crippen LogP contribution in [0, 0.1) is 6.92 Å². The summed E-state index contributed by atoms with van der Waals surface area (Å²) < 4.78 is 0.826. The summed E-state index contributed by atoms with van der Waals surface area (Å²) in [6.45, 7) is 4.29. The summed E-state index contributed by atoms with van der Waals surface area (Å²) in [5, 5.41) is 0. The molecule has 0 unspecified atom stereocenters. The molecule has 0 bridgehead atoms. The molecule has 1 aromatic heterocycles. The number of rotatable bonds is 4. The van der Waals surface area contributed by atoms with Crippen molar-refractivity contribution in [2.24, 2.45) is 0 Å². The van der Waals surface area contributed by atoms with Gasteiger partial charge in [0.25, 0.3) is 0 Å². The van der Waals surface area contributed by atoms with E-state index in [9.17, 15) is 4.79 Å². The van der Waals surface area contributed by atoms with Gasteiger partial charge >= 0.3 is 0 Å². The van der Waals surface area contributed by atoms with Crippen molar-refractivity contribution in [1.29, 1.82) is 0 Å². The van der Waals surface area contributed by atoms with Gasteiger partial charge < -0.3 is 4.90 Å². The Balaban J connectivity index is 2.19. The molecule has 0 atom stereocenters. The topological polar surface area (TPSA) is 33.2 Å². The third-order valence-electron chi connectivity index (χ3n) is 3.12. The average Bonchev–Trinajstić information content (AvgIpc) is 2.38. The SMILES string of the molecule is CC(=O)c1ccc(N(C)Cc2cccc(C)n2)cc1Br. The molecule has 0 saturated heterocycles. The second-order valence-corrected chi connectivity index (χ2v) is 5.70. The fourth-order valence-electron chi connectivity index (χ4n) is 2.05. The molecule has 0 fully saturated rings. The van der Waals surface area contributed by atoms with E-state index in [1.165, 1.54) is 0 Å². The van der Waals surface area contributed by atoms with Gasteiger partial charge in [0.05, 0.1) is 12.2 Å². The summed E-state index contributed by atoms with van der Waals surface area (Å²) in [4.78, 5) is 18.0. The number of pyridine rings is 1. The van der Waals surface area contributed by atoms with Gasteiger partial charge in [-0.25, -0.2) is 0 Å². The molecule has 0 saturated carbocycles. The smallest absolute Gasteiger partial charge is 0.160 e. The van der Waals surface area contributed by atoms with Crippen LogP contribution in [0.25, 0.3) is 0 Å². The number of nitrogens with zero attached hydrogens (tertiary/aromatic N) is 2. The van der Waals surface area contributed by atoms with E-state index in [0.717, 1.165) is 28.1 Å². The first kappa shape index (κ1) is 14.7. The summed E-state index contributed by atoms with van der Waals surface area (Å²) in [5.74, 6) is 0.0615. The highest BCUT2D eigenvalue weighted by Crippen LogP contribution is 2.24. The van der Waals surface area contributed by atoms with Crippen molar-refractivity contribution < 1.29 is 4.79 Å². The quantitative estimate of drug-likeness (QED) is 0.793. The van der Waals surface area contributed by atoms with E-state index < -0.39 is 0 Å². The maximum Gasteiger partial charge on any atom is 0.160 e. The minimum atomic E-state index is 0.0615. The maximum atomic E-state index is 11.4. The van der Waals surface area contributed by atoms with Gasteiger partial charge in [0.1, 0.15) is 0 Å². The highest BCUT2D eigenvalue weighted by Gasteiger charge is 2.09. The Kier molecular flexibility index (Phi) is 4.55. The van der Waals surface area contributed by atoms with Crippen molar-refractivity contribution in [3.63, 3.8) is 0 Å². The summed E-state index contributed by atoms with van der Waals surface area (Å²) in [6, 6.07) is 11.8. The molecule has 0 radical (unpaired) electrons. The Morgan fingerprint density at radius 2 is 2.05 bits per heavy atom. The Bertz CT molecular complexity index is 640. The van der Waals surface area contributed by atoms with Crippen LogP contribution >= 0.6 is 15.9 Å². The Morgan fingerprint density at radius 1 is 1.30 bits per heavy atom. The molecule has 0 aliphatic heterocycles. The number of carbonyl (C=O) groups is 1. The molecule has 4 heteroatoms. The van der Waals surface area contributed by atoms with Crippen molar-refractivity contribution in [1.82, 2.24) is 4.98 Å². The van der Waals surface area contributed by atoms with Gasteiger partial charge in [-0.2, -0.15) is 0 Å². The second-order valence-electron chi connectivity index (χ2n) is 4.85. The number of benzene rings is 1. The van der Waals surface area contributed by atoms with E-state index in [1.807, 2.05) is 50.4 Å². The lowest BCUT2D eigenvalue weighted by atomic mass is 10.1. The molecule has 1 aromatic carbocycles. The first-order valence-electron chi connectivity index (χ1n) is 6.41. The van der Waals surface area contributed by atoms with E-state index in [-0.39, 0.29) is 5.78 Å². The minimum Gasteiger partial charge on any atom is -0.369 e. The van der Waals surface area contributed by atoms with E-state index in [2.05, 4.69) is 25.8 Å². The molecular weight excluding hydrogens is 316 g/mol. The van der Waals surface area contributed by atoms with Crippen LogP contribution in [0.15, 0.2) is 40.9 Å².